The summed E-state index contributed by atoms with van der Waals surface area (Å²) < 4.78 is 1.12. The van der Waals surface area contributed by atoms with Crippen molar-refractivity contribution >= 4 is 17.3 Å². The lowest BCUT2D eigenvalue weighted by molar-refractivity contribution is 0.757. The first-order valence-corrected chi connectivity index (χ1v) is 4.44. The monoisotopic (exact) mass is 213 g/mol. The molecule has 1 aromatic rings. The summed E-state index contributed by atoms with van der Waals surface area (Å²) in [5.74, 6) is 0. The van der Waals surface area contributed by atoms with E-state index in [9.17, 15) is 4.79 Å². The van der Waals surface area contributed by atoms with Crippen molar-refractivity contribution < 1.29 is 0 Å². The molecule has 2 rings (SSSR count). The van der Waals surface area contributed by atoms with Gasteiger partial charge in [-0.25, -0.2) is 9.89 Å². The van der Waals surface area contributed by atoms with Gasteiger partial charge >= 0.3 is 5.69 Å². The number of alkyl halides is 1. The molecule has 0 bridgehead atoms. The Morgan fingerprint density at radius 2 is 2.50 bits per heavy atom. The highest BCUT2D eigenvalue weighted by Gasteiger charge is 2.17. The molecule has 0 fully saturated rings. The molecule has 7 heteroatoms. The number of aromatic amines is 1. The SMILES string of the molecule is NC1=C(n2nn[nH]c2=O)CC(Cl)C=C1. The Balaban J connectivity index is 2.48. The highest BCUT2D eigenvalue weighted by atomic mass is 35.5. The van der Waals surface area contributed by atoms with Crippen LogP contribution in [0.5, 0.6) is 0 Å². The summed E-state index contributed by atoms with van der Waals surface area (Å²) in [5, 5.41) is 8.99. The van der Waals surface area contributed by atoms with Crippen LogP contribution >= 0.6 is 11.6 Å². The molecule has 3 N–H and O–H groups in total. The van der Waals surface area contributed by atoms with E-state index in [-0.39, 0.29) is 5.38 Å². The first-order valence-electron chi connectivity index (χ1n) is 4.00. The Bertz CT molecular complexity index is 457. The van der Waals surface area contributed by atoms with Gasteiger partial charge in [0.05, 0.1) is 16.8 Å². The van der Waals surface area contributed by atoms with Gasteiger partial charge in [0, 0.05) is 6.42 Å². The minimum atomic E-state index is -0.415. The summed E-state index contributed by atoms with van der Waals surface area (Å²) in [6, 6.07) is 0. The molecule has 6 nitrogen and oxygen atoms in total. The average Bonchev–Trinajstić information content (AvgIpc) is 2.56. The van der Waals surface area contributed by atoms with E-state index in [4.69, 9.17) is 17.3 Å². The Labute approximate surface area is 84.0 Å². The van der Waals surface area contributed by atoms with Crippen LogP contribution in [0.15, 0.2) is 22.6 Å². The molecule has 0 aliphatic heterocycles. The lowest BCUT2D eigenvalue weighted by atomic mass is 10.1. The van der Waals surface area contributed by atoms with Gasteiger partial charge in [-0.15, -0.1) is 11.6 Å². The van der Waals surface area contributed by atoms with Crippen LogP contribution in [0, 0.1) is 0 Å². The number of hydrogen-bond donors (Lipinski definition) is 2. The van der Waals surface area contributed by atoms with Crippen LogP contribution in [0.1, 0.15) is 6.42 Å². The summed E-state index contributed by atoms with van der Waals surface area (Å²) in [5.41, 5.74) is 6.34. The zero-order valence-corrected chi connectivity index (χ0v) is 7.90. The number of nitrogens with one attached hydrogen (secondary N) is 1. The number of H-pyrrole nitrogens is 1. The normalized spacial score (nSPS) is 21.6. The predicted octanol–water partition coefficient (Wildman–Crippen LogP) is -0.339. The zero-order valence-electron chi connectivity index (χ0n) is 7.14. The van der Waals surface area contributed by atoms with Crippen LogP contribution in [0.3, 0.4) is 0 Å². The number of halogens is 1. The molecule has 0 spiro atoms. The first kappa shape index (κ1) is 9.01. The van der Waals surface area contributed by atoms with E-state index >= 15 is 0 Å². The Morgan fingerprint density at radius 1 is 1.71 bits per heavy atom. The van der Waals surface area contributed by atoms with E-state index in [1.165, 1.54) is 0 Å². The zero-order chi connectivity index (χ0) is 10.1. The molecule has 0 saturated carbocycles. The summed E-state index contributed by atoms with van der Waals surface area (Å²) in [6.07, 6.45) is 3.90. The van der Waals surface area contributed by atoms with Gasteiger partial charge in [-0.3, -0.25) is 0 Å². The Morgan fingerprint density at radius 3 is 3.14 bits per heavy atom. The molecule has 14 heavy (non-hydrogen) atoms. The van der Waals surface area contributed by atoms with Gasteiger partial charge in [-0.05, 0) is 16.5 Å². The maximum Gasteiger partial charge on any atom is 0.365 e. The lowest BCUT2D eigenvalue weighted by Gasteiger charge is -2.14. The van der Waals surface area contributed by atoms with Crippen molar-refractivity contribution in [3.8, 4) is 0 Å². The predicted molar refractivity (Wildman–Crippen MR) is 51.4 cm³/mol. The van der Waals surface area contributed by atoms with Crippen LogP contribution in [0.2, 0.25) is 0 Å². The van der Waals surface area contributed by atoms with Crippen molar-refractivity contribution in [2.24, 2.45) is 5.73 Å². The average molecular weight is 214 g/mol. The largest absolute Gasteiger partial charge is 0.397 e. The van der Waals surface area contributed by atoms with Gasteiger partial charge in [0.25, 0.3) is 0 Å². The quantitative estimate of drug-likeness (QED) is 0.625. The standard InChI is InChI=1S/C7H8ClN5O/c8-4-1-2-5(9)6(3-4)13-7(14)10-11-12-13/h1-2,4H,3,9H2,(H,10,12,14). The molecular formula is C7H8ClN5O. The Kier molecular flexibility index (Phi) is 2.12. The van der Waals surface area contributed by atoms with Gasteiger partial charge in [0.1, 0.15) is 0 Å². The molecule has 1 unspecified atom stereocenters. The van der Waals surface area contributed by atoms with Crippen molar-refractivity contribution in [1.29, 1.82) is 0 Å². The van der Waals surface area contributed by atoms with E-state index in [0.717, 1.165) is 4.68 Å². The maximum atomic E-state index is 11.2. The van der Waals surface area contributed by atoms with Crippen molar-refractivity contribution in [2.75, 3.05) is 0 Å². The van der Waals surface area contributed by atoms with Gasteiger partial charge in [-0.1, -0.05) is 6.08 Å². The van der Waals surface area contributed by atoms with E-state index in [1.807, 2.05) is 0 Å². The van der Waals surface area contributed by atoms with Crippen LogP contribution in [0.4, 0.5) is 0 Å². The number of rotatable bonds is 1. The molecule has 0 aromatic carbocycles. The van der Waals surface area contributed by atoms with Gasteiger partial charge in [-0.2, -0.15) is 4.68 Å². The van der Waals surface area contributed by atoms with Crippen molar-refractivity contribution in [3.05, 3.63) is 28.3 Å². The third-order valence-corrected chi connectivity index (χ3v) is 2.23. The summed E-state index contributed by atoms with van der Waals surface area (Å²) in [4.78, 5) is 11.2. The summed E-state index contributed by atoms with van der Waals surface area (Å²) >= 11 is 5.90. The smallest absolute Gasteiger partial charge is 0.365 e. The van der Waals surface area contributed by atoms with Crippen molar-refractivity contribution in [1.82, 2.24) is 20.2 Å². The maximum absolute atomic E-state index is 11.2. The van der Waals surface area contributed by atoms with Crippen LogP contribution < -0.4 is 11.4 Å². The first-order chi connectivity index (χ1) is 6.68. The second-order valence-corrected chi connectivity index (χ2v) is 3.46. The minimum Gasteiger partial charge on any atom is -0.397 e. The molecule has 1 aliphatic rings. The summed E-state index contributed by atoms with van der Waals surface area (Å²) in [6.45, 7) is 0. The van der Waals surface area contributed by atoms with Crippen LogP contribution in [-0.4, -0.2) is 25.6 Å². The molecule has 74 valence electrons. The molecule has 1 aliphatic carbocycles. The Hall–Kier alpha value is -1.56. The molecule has 1 aromatic heterocycles. The molecule has 1 heterocycles. The molecule has 0 radical (unpaired) electrons. The number of tetrazole rings is 1. The lowest BCUT2D eigenvalue weighted by Crippen LogP contribution is -2.23. The van der Waals surface area contributed by atoms with Gasteiger partial charge in [0.15, 0.2) is 0 Å². The second kappa shape index (κ2) is 3.30. The van der Waals surface area contributed by atoms with Gasteiger partial charge < -0.3 is 5.73 Å². The molecule has 0 saturated heterocycles. The number of nitrogens with two attached hydrogens (primary N) is 1. The molecule has 0 amide bonds. The number of hydrogen-bond acceptors (Lipinski definition) is 4. The number of allylic oxidation sites excluding steroid dienone is 3. The molecule has 1 atom stereocenters. The fourth-order valence-corrected chi connectivity index (χ4v) is 1.48. The van der Waals surface area contributed by atoms with Crippen molar-refractivity contribution in [3.63, 3.8) is 0 Å². The second-order valence-electron chi connectivity index (χ2n) is 2.90. The van der Waals surface area contributed by atoms with E-state index in [1.54, 1.807) is 12.2 Å². The third kappa shape index (κ3) is 1.44. The van der Waals surface area contributed by atoms with E-state index < -0.39 is 5.69 Å². The summed E-state index contributed by atoms with van der Waals surface area (Å²) in [7, 11) is 0. The molecular weight excluding hydrogens is 206 g/mol. The fourth-order valence-electron chi connectivity index (χ4n) is 1.26. The minimum absolute atomic E-state index is 0.166. The topological polar surface area (TPSA) is 89.6 Å². The third-order valence-electron chi connectivity index (χ3n) is 1.93. The van der Waals surface area contributed by atoms with Crippen LogP contribution in [0.25, 0.3) is 5.70 Å². The van der Waals surface area contributed by atoms with Gasteiger partial charge in [0.2, 0.25) is 0 Å². The number of aromatic nitrogens is 4. The highest BCUT2D eigenvalue weighted by Crippen LogP contribution is 2.21. The number of nitrogens with zero attached hydrogens (tertiary/aromatic N) is 3. The van der Waals surface area contributed by atoms with E-state index in [2.05, 4.69) is 15.5 Å². The van der Waals surface area contributed by atoms with E-state index in [0.29, 0.717) is 17.8 Å². The highest BCUT2D eigenvalue weighted by molar-refractivity contribution is 6.22. The van der Waals surface area contributed by atoms with Crippen LogP contribution in [-0.2, 0) is 0 Å². The fraction of sp³-hybridized carbons (Fsp3) is 0.286. The van der Waals surface area contributed by atoms with Crippen molar-refractivity contribution in [2.45, 2.75) is 11.8 Å².